The summed E-state index contributed by atoms with van der Waals surface area (Å²) in [5.41, 5.74) is 3.16. The summed E-state index contributed by atoms with van der Waals surface area (Å²) in [6, 6.07) is 5.11. The molecular formula is C14H17FN2S. The molecule has 0 saturated heterocycles. The van der Waals surface area contributed by atoms with Crippen LogP contribution in [0.2, 0.25) is 0 Å². The molecule has 2 nitrogen and oxygen atoms in total. The third kappa shape index (κ3) is 3.15. The molecule has 1 atom stereocenters. The zero-order valence-electron chi connectivity index (χ0n) is 10.8. The van der Waals surface area contributed by atoms with E-state index in [1.165, 1.54) is 6.07 Å². The largest absolute Gasteiger partial charge is 0.304 e. The van der Waals surface area contributed by atoms with E-state index < -0.39 is 0 Å². The Kier molecular flexibility index (Phi) is 4.09. The molecule has 18 heavy (non-hydrogen) atoms. The van der Waals surface area contributed by atoms with Crippen LogP contribution in [-0.4, -0.2) is 4.98 Å². The normalized spacial score (nSPS) is 12.7. The fourth-order valence-electron chi connectivity index (χ4n) is 1.78. The average Bonchev–Trinajstić information content (AvgIpc) is 2.74. The molecule has 0 spiro atoms. The van der Waals surface area contributed by atoms with Gasteiger partial charge in [-0.3, -0.25) is 0 Å². The molecule has 0 fully saturated rings. The van der Waals surface area contributed by atoms with Crippen LogP contribution < -0.4 is 5.32 Å². The zero-order chi connectivity index (χ0) is 13.1. The summed E-state index contributed by atoms with van der Waals surface area (Å²) in [5, 5.41) is 6.56. The van der Waals surface area contributed by atoms with Crippen molar-refractivity contribution in [2.45, 2.75) is 33.4 Å². The van der Waals surface area contributed by atoms with E-state index in [0.29, 0.717) is 0 Å². The van der Waals surface area contributed by atoms with Crippen molar-refractivity contribution in [1.29, 1.82) is 0 Å². The Morgan fingerprint density at radius 2 is 2.17 bits per heavy atom. The van der Waals surface area contributed by atoms with Crippen LogP contribution >= 0.6 is 11.3 Å². The van der Waals surface area contributed by atoms with Crippen molar-refractivity contribution >= 4 is 11.3 Å². The van der Waals surface area contributed by atoms with Crippen LogP contribution in [0.1, 0.15) is 34.8 Å². The molecule has 96 valence electrons. The Hall–Kier alpha value is -1.26. The monoisotopic (exact) mass is 264 g/mol. The Morgan fingerprint density at radius 3 is 2.78 bits per heavy atom. The fourth-order valence-corrected chi connectivity index (χ4v) is 2.61. The number of thiazole rings is 1. The first-order valence-electron chi connectivity index (χ1n) is 5.96. The van der Waals surface area contributed by atoms with Crippen molar-refractivity contribution in [3.63, 3.8) is 0 Å². The van der Waals surface area contributed by atoms with Gasteiger partial charge in [-0.25, -0.2) is 9.37 Å². The van der Waals surface area contributed by atoms with Crippen LogP contribution in [0.25, 0.3) is 0 Å². The van der Waals surface area contributed by atoms with Gasteiger partial charge in [-0.05, 0) is 44.0 Å². The predicted molar refractivity (Wildman–Crippen MR) is 73.2 cm³/mol. The number of aryl methyl sites for hydroxylation is 2. The second-order valence-corrected chi connectivity index (χ2v) is 5.39. The predicted octanol–water partition coefficient (Wildman–Crippen LogP) is 3.75. The number of hydrogen-bond donors (Lipinski definition) is 1. The Balaban J connectivity index is 1.99. The van der Waals surface area contributed by atoms with Crippen LogP contribution in [0.15, 0.2) is 23.6 Å². The molecule has 0 bridgehead atoms. The first-order chi connectivity index (χ1) is 8.56. The van der Waals surface area contributed by atoms with Crippen LogP contribution in [0.3, 0.4) is 0 Å². The van der Waals surface area contributed by atoms with Crippen molar-refractivity contribution < 1.29 is 4.39 Å². The first kappa shape index (κ1) is 13.2. The minimum atomic E-state index is -0.181. The molecule has 1 N–H and O–H groups in total. The number of halogens is 1. The Bertz CT molecular complexity index is 536. The van der Waals surface area contributed by atoms with Crippen molar-refractivity contribution in [2.24, 2.45) is 0 Å². The van der Waals surface area contributed by atoms with Crippen molar-refractivity contribution in [1.82, 2.24) is 10.3 Å². The van der Waals surface area contributed by atoms with Crippen LogP contribution in [0.5, 0.6) is 0 Å². The molecule has 0 aliphatic carbocycles. The molecule has 4 heteroatoms. The third-order valence-corrected chi connectivity index (χ3v) is 4.06. The van der Waals surface area contributed by atoms with Gasteiger partial charge in [0.1, 0.15) is 10.8 Å². The quantitative estimate of drug-likeness (QED) is 0.909. The van der Waals surface area contributed by atoms with Gasteiger partial charge in [0.05, 0.1) is 6.04 Å². The average molecular weight is 264 g/mol. The van der Waals surface area contributed by atoms with Crippen molar-refractivity contribution in [2.75, 3.05) is 0 Å². The van der Waals surface area contributed by atoms with E-state index in [1.807, 2.05) is 19.9 Å². The lowest BCUT2D eigenvalue weighted by Crippen LogP contribution is -2.18. The summed E-state index contributed by atoms with van der Waals surface area (Å²) in [7, 11) is 0. The van der Waals surface area contributed by atoms with Crippen LogP contribution in [0.4, 0.5) is 4.39 Å². The number of aromatic nitrogens is 1. The molecule has 0 saturated carbocycles. The topological polar surface area (TPSA) is 24.9 Å². The van der Waals surface area contributed by atoms with Gasteiger partial charge in [-0.15, -0.1) is 11.3 Å². The summed E-state index contributed by atoms with van der Waals surface area (Å²) in [5.74, 6) is -0.181. The summed E-state index contributed by atoms with van der Waals surface area (Å²) in [6.07, 6.45) is 0. The van der Waals surface area contributed by atoms with E-state index in [4.69, 9.17) is 0 Å². The molecule has 0 aliphatic rings. The van der Waals surface area contributed by atoms with Gasteiger partial charge in [0.25, 0.3) is 0 Å². The smallest absolute Gasteiger partial charge is 0.123 e. The van der Waals surface area contributed by atoms with Gasteiger partial charge < -0.3 is 5.32 Å². The Labute approximate surface area is 111 Å². The molecule has 1 heterocycles. The second-order valence-electron chi connectivity index (χ2n) is 4.50. The van der Waals surface area contributed by atoms with Gasteiger partial charge in [-0.2, -0.15) is 0 Å². The summed E-state index contributed by atoms with van der Waals surface area (Å²) < 4.78 is 13.0. The standard InChI is InChI=1S/C14H17FN2S/c1-9-6-13(15)5-4-12(9)7-16-11(3)14-17-10(2)8-18-14/h4-6,8,11,16H,7H2,1-3H3. The van der Waals surface area contributed by atoms with Gasteiger partial charge >= 0.3 is 0 Å². The lowest BCUT2D eigenvalue weighted by atomic mass is 10.1. The molecule has 0 aliphatic heterocycles. The lowest BCUT2D eigenvalue weighted by Gasteiger charge is -2.12. The molecule has 1 aromatic carbocycles. The Morgan fingerprint density at radius 1 is 1.39 bits per heavy atom. The summed E-state index contributed by atoms with van der Waals surface area (Å²) in [6.45, 7) is 6.75. The SMILES string of the molecule is Cc1csc(C(C)NCc2ccc(F)cc2C)n1. The number of hydrogen-bond acceptors (Lipinski definition) is 3. The number of rotatable bonds is 4. The van der Waals surface area contributed by atoms with E-state index in [2.05, 4.69) is 22.6 Å². The minimum Gasteiger partial charge on any atom is -0.304 e. The molecule has 1 unspecified atom stereocenters. The van der Waals surface area contributed by atoms with Crippen LogP contribution in [0, 0.1) is 19.7 Å². The van der Waals surface area contributed by atoms with E-state index in [0.717, 1.165) is 28.4 Å². The second kappa shape index (κ2) is 5.59. The van der Waals surface area contributed by atoms with Crippen molar-refractivity contribution in [3.8, 4) is 0 Å². The van der Waals surface area contributed by atoms with E-state index in [1.54, 1.807) is 17.4 Å². The number of nitrogens with one attached hydrogen (secondary N) is 1. The zero-order valence-corrected chi connectivity index (χ0v) is 11.6. The molecule has 2 aromatic rings. The van der Waals surface area contributed by atoms with E-state index in [-0.39, 0.29) is 11.9 Å². The molecule has 2 rings (SSSR count). The lowest BCUT2D eigenvalue weighted by molar-refractivity contribution is 0.567. The van der Waals surface area contributed by atoms with Crippen molar-refractivity contribution in [3.05, 3.63) is 51.2 Å². The fraction of sp³-hybridized carbons (Fsp3) is 0.357. The van der Waals surface area contributed by atoms with Gasteiger partial charge in [0.2, 0.25) is 0 Å². The number of benzene rings is 1. The molecule has 1 aromatic heterocycles. The minimum absolute atomic E-state index is 0.181. The highest BCUT2D eigenvalue weighted by molar-refractivity contribution is 7.09. The van der Waals surface area contributed by atoms with Gasteiger partial charge in [0.15, 0.2) is 0 Å². The maximum Gasteiger partial charge on any atom is 0.123 e. The third-order valence-electron chi connectivity index (χ3n) is 2.91. The maximum atomic E-state index is 13.0. The first-order valence-corrected chi connectivity index (χ1v) is 6.84. The highest BCUT2D eigenvalue weighted by Gasteiger charge is 2.09. The molecule has 0 amide bonds. The molecular weight excluding hydrogens is 247 g/mol. The van der Waals surface area contributed by atoms with E-state index >= 15 is 0 Å². The highest BCUT2D eigenvalue weighted by atomic mass is 32.1. The summed E-state index contributed by atoms with van der Waals surface area (Å²) >= 11 is 1.67. The maximum absolute atomic E-state index is 13.0. The van der Waals surface area contributed by atoms with Gasteiger partial charge in [0, 0.05) is 17.6 Å². The van der Waals surface area contributed by atoms with Crippen LogP contribution in [-0.2, 0) is 6.54 Å². The van der Waals surface area contributed by atoms with Gasteiger partial charge in [-0.1, -0.05) is 6.07 Å². The van der Waals surface area contributed by atoms with E-state index in [9.17, 15) is 4.39 Å². The molecule has 0 radical (unpaired) electrons. The number of nitrogens with zero attached hydrogens (tertiary/aromatic N) is 1. The summed E-state index contributed by atoms with van der Waals surface area (Å²) in [4.78, 5) is 4.46. The highest BCUT2D eigenvalue weighted by Crippen LogP contribution is 2.18.